The number of hydrogen-bond donors (Lipinski definition) is 2. The lowest BCUT2D eigenvalue weighted by Gasteiger charge is -2.39. The van der Waals surface area contributed by atoms with E-state index in [0.29, 0.717) is 29.1 Å². The number of allylic oxidation sites excluding steroid dienone is 2. The molecule has 1 unspecified atom stereocenters. The Labute approximate surface area is 201 Å². The van der Waals surface area contributed by atoms with Crippen LogP contribution < -0.4 is 0 Å². The van der Waals surface area contributed by atoms with Crippen molar-refractivity contribution in [2.75, 3.05) is 19.0 Å². The van der Waals surface area contributed by atoms with Crippen LogP contribution in [-0.4, -0.2) is 30.0 Å². The van der Waals surface area contributed by atoms with Gasteiger partial charge in [-0.25, -0.2) is 4.79 Å². The molecule has 0 aromatic heterocycles. The van der Waals surface area contributed by atoms with Crippen molar-refractivity contribution in [1.82, 2.24) is 0 Å². The lowest BCUT2D eigenvalue weighted by atomic mass is 9.89. The molecular weight excluding hydrogens is 456 g/mol. The second-order valence-corrected chi connectivity index (χ2v) is 10.6. The number of hydrogen-bond acceptors (Lipinski definition) is 6. The molecule has 2 aliphatic rings. The van der Waals surface area contributed by atoms with E-state index in [1.165, 1.54) is 0 Å². The summed E-state index contributed by atoms with van der Waals surface area (Å²) in [5, 5.41) is 12.6. The molecule has 4 rings (SSSR count). The number of aliphatic hydroxyl groups excluding tert-OH is 1. The lowest BCUT2D eigenvalue weighted by molar-refractivity contribution is -0.156. The van der Waals surface area contributed by atoms with Crippen LogP contribution in [0.4, 0.5) is 0 Å². The molecule has 174 valence electrons. The van der Waals surface area contributed by atoms with Gasteiger partial charge in [-0.05, 0) is 43.7 Å². The molecule has 2 aromatic carbocycles. The Kier molecular flexibility index (Phi) is 7.40. The topological polar surface area (TPSA) is 65.0 Å². The Morgan fingerprint density at radius 3 is 2.09 bits per heavy atom. The first-order chi connectivity index (χ1) is 16.1. The van der Waals surface area contributed by atoms with E-state index in [0.717, 1.165) is 10.5 Å². The quantitative estimate of drug-likeness (QED) is 0.252. The van der Waals surface area contributed by atoms with Crippen LogP contribution in [0, 0.1) is 0 Å². The average molecular weight is 485 g/mol. The maximum Gasteiger partial charge on any atom is 0.348 e. The smallest absolute Gasteiger partial charge is 0.348 e. The van der Waals surface area contributed by atoms with Crippen molar-refractivity contribution >= 4 is 28.6 Å². The number of carbonyl (C=O) groups excluding carboxylic acids is 1. The Hall–Kier alpha value is -2.77. The highest BCUT2D eigenvalue weighted by atomic mass is 32.2. The molecule has 5 nitrogen and oxygen atoms in total. The Balaban J connectivity index is 1.70. The van der Waals surface area contributed by atoms with Gasteiger partial charge in [-0.1, -0.05) is 59.4 Å². The first kappa shape index (κ1) is 23.4. The summed E-state index contributed by atoms with van der Waals surface area (Å²) in [5.74, 6) is -0.0156. The van der Waals surface area contributed by atoms with Crippen LogP contribution in [0.25, 0.3) is 0 Å². The first-order valence-electron chi connectivity index (χ1n) is 10.9. The third-order valence-electron chi connectivity index (χ3n) is 5.34. The van der Waals surface area contributed by atoms with E-state index in [2.05, 4.69) is 0 Å². The van der Waals surface area contributed by atoms with Crippen molar-refractivity contribution in [3.63, 3.8) is 0 Å². The Morgan fingerprint density at radius 2 is 1.55 bits per heavy atom. The number of thiol groups is 1. The highest BCUT2D eigenvalue weighted by molar-refractivity contribution is 8.27. The normalized spacial score (nSPS) is 21.4. The number of rotatable bonds is 9. The van der Waals surface area contributed by atoms with Crippen molar-refractivity contribution in [2.45, 2.75) is 30.8 Å². The summed E-state index contributed by atoms with van der Waals surface area (Å²) in [5.41, 5.74) is -0.125. The third-order valence-corrected chi connectivity index (χ3v) is 8.88. The maximum absolute atomic E-state index is 13.5. The van der Waals surface area contributed by atoms with Crippen LogP contribution in [0.2, 0.25) is 0 Å². The van der Waals surface area contributed by atoms with E-state index in [1.807, 2.05) is 86.7 Å². The summed E-state index contributed by atoms with van der Waals surface area (Å²) in [6.07, 6.45) is 3.83. The molecule has 0 radical (unpaired) electrons. The molecule has 0 amide bonds. The van der Waals surface area contributed by atoms with Gasteiger partial charge in [-0.15, -0.1) is 11.8 Å². The van der Waals surface area contributed by atoms with E-state index in [-0.39, 0.29) is 17.1 Å². The first-order valence-corrected chi connectivity index (χ1v) is 13.3. The fourth-order valence-corrected chi connectivity index (χ4v) is 7.14. The van der Waals surface area contributed by atoms with Crippen LogP contribution in [0.3, 0.4) is 0 Å². The average Bonchev–Trinajstić information content (AvgIpc) is 3.21. The number of esters is 1. The zero-order valence-corrected chi connectivity index (χ0v) is 20.4. The summed E-state index contributed by atoms with van der Waals surface area (Å²) in [6.45, 7) is 4.70. The van der Waals surface area contributed by atoms with Crippen LogP contribution in [0.15, 0.2) is 98.6 Å². The fraction of sp³-hybridized carbons (Fsp3) is 0.269. The van der Waals surface area contributed by atoms with Crippen molar-refractivity contribution in [3.05, 3.63) is 99.2 Å². The molecule has 0 aliphatic carbocycles. The zero-order valence-electron chi connectivity index (χ0n) is 18.7. The fourth-order valence-electron chi connectivity index (χ4n) is 3.88. The van der Waals surface area contributed by atoms with Gasteiger partial charge in [0.1, 0.15) is 20.8 Å². The minimum Gasteiger partial charge on any atom is -0.511 e. The molecule has 33 heavy (non-hydrogen) atoms. The van der Waals surface area contributed by atoms with Crippen LogP contribution >= 0.6 is 22.7 Å². The predicted octanol–water partition coefficient (Wildman–Crippen LogP) is 6.16. The molecule has 0 bridgehead atoms. The van der Waals surface area contributed by atoms with E-state index in [1.54, 1.807) is 11.8 Å². The van der Waals surface area contributed by atoms with Gasteiger partial charge < -0.3 is 19.3 Å². The van der Waals surface area contributed by atoms with Crippen molar-refractivity contribution in [1.29, 1.82) is 0 Å². The summed E-state index contributed by atoms with van der Waals surface area (Å²) in [6, 6.07) is 19.6. The van der Waals surface area contributed by atoms with Gasteiger partial charge in [0.15, 0.2) is 5.60 Å². The molecular formula is C26H28O5S2. The second-order valence-electron chi connectivity index (χ2n) is 7.53. The van der Waals surface area contributed by atoms with E-state index < -0.39 is 22.5 Å². The highest BCUT2D eigenvalue weighted by Gasteiger charge is 2.47. The van der Waals surface area contributed by atoms with Gasteiger partial charge in [-0.2, -0.15) is 0 Å². The molecule has 0 saturated carbocycles. The van der Waals surface area contributed by atoms with Crippen molar-refractivity contribution in [2.24, 2.45) is 0 Å². The number of cyclic esters (lactones) is 1. The van der Waals surface area contributed by atoms with Gasteiger partial charge in [-0.3, -0.25) is 0 Å². The lowest BCUT2D eigenvalue weighted by Crippen LogP contribution is -2.40. The molecule has 0 saturated heterocycles. The second kappa shape index (κ2) is 10.4. The molecule has 7 heteroatoms. The van der Waals surface area contributed by atoms with E-state index >= 15 is 0 Å². The van der Waals surface area contributed by atoms with Crippen molar-refractivity contribution in [3.8, 4) is 0 Å². The highest BCUT2D eigenvalue weighted by Crippen LogP contribution is 2.58. The van der Waals surface area contributed by atoms with Gasteiger partial charge in [0.05, 0.1) is 19.6 Å². The molecule has 1 atom stereocenters. The molecule has 2 aliphatic heterocycles. The molecule has 1 N–H and O–H groups in total. The largest absolute Gasteiger partial charge is 0.511 e. The van der Waals surface area contributed by atoms with Gasteiger partial charge >= 0.3 is 5.97 Å². The van der Waals surface area contributed by atoms with Gasteiger partial charge in [0.25, 0.3) is 0 Å². The SMILES string of the molecule is CCOC1=CC=C(OCC)[SH]1C1=C(O)CC(CSc2ccccc2)(c2ccccc2)OC1=O. The summed E-state index contributed by atoms with van der Waals surface area (Å²) in [4.78, 5) is 14.8. The van der Waals surface area contributed by atoms with Gasteiger partial charge in [0, 0.05) is 10.6 Å². The maximum atomic E-state index is 13.5. The van der Waals surface area contributed by atoms with Crippen molar-refractivity contribution < 1.29 is 24.1 Å². The number of ether oxygens (including phenoxy) is 3. The minimum absolute atomic E-state index is 0.0352. The number of carbonyl (C=O) groups is 1. The summed E-state index contributed by atoms with van der Waals surface area (Å²) in [7, 11) is -1.42. The molecule has 2 heterocycles. The Morgan fingerprint density at radius 1 is 0.970 bits per heavy atom. The van der Waals surface area contributed by atoms with Crippen LogP contribution in [-0.2, 0) is 24.6 Å². The van der Waals surface area contributed by atoms with E-state index in [4.69, 9.17) is 14.2 Å². The number of thioether (sulfide) groups is 1. The van der Waals surface area contributed by atoms with Gasteiger partial charge in [0.2, 0.25) is 0 Å². The van der Waals surface area contributed by atoms with Crippen LogP contribution in [0.5, 0.6) is 0 Å². The molecule has 2 aromatic rings. The number of aliphatic hydroxyl groups is 1. The number of benzene rings is 2. The van der Waals surface area contributed by atoms with Crippen LogP contribution in [0.1, 0.15) is 25.8 Å². The minimum atomic E-state index is -1.42. The summed E-state index contributed by atoms with van der Waals surface area (Å²) >= 11 is 1.60. The monoisotopic (exact) mass is 484 g/mol. The molecule has 0 fully saturated rings. The third kappa shape index (κ3) is 4.94. The Bertz CT molecular complexity index is 1060. The summed E-state index contributed by atoms with van der Waals surface area (Å²) < 4.78 is 17.8. The van der Waals surface area contributed by atoms with E-state index in [9.17, 15) is 9.90 Å². The standard InChI is InChI=1S/C26H28O5S2/c1-3-29-22-15-16-23(30-4-2)33(22)24-21(27)17-26(31-25(24)28,19-11-7-5-8-12-19)18-32-20-13-9-6-10-14-20/h5-16,27,33H,3-4,17-18H2,1-2H3. The molecule has 0 spiro atoms. The zero-order chi connectivity index (χ0) is 23.3. The predicted molar refractivity (Wildman–Crippen MR) is 134 cm³/mol.